The molecule has 0 spiro atoms. The van der Waals surface area contributed by atoms with Crippen molar-refractivity contribution in [2.24, 2.45) is 0 Å². The first-order chi connectivity index (χ1) is 9.54. The van der Waals surface area contributed by atoms with E-state index in [0.717, 1.165) is 0 Å². The van der Waals surface area contributed by atoms with Crippen LogP contribution in [0.3, 0.4) is 0 Å². The van der Waals surface area contributed by atoms with Crippen LogP contribution in [0.2, 0.25) is 5.02 Å². The van der Waals surface area contributed by atoms with Gasteiger partial charge in [0.2, 0.25) is 0 Å². The Kier molecular flexibility index (Phi) is 3.88. The molecule has 0 aromatic heterocycles. The third-order valence-corrected chi connectivity index (χ3v) is 6.27. The molecule has 1 aliphatic rings. The van der Waals surface area contributed by atoms with Crippen molar-refractivity contribution in [2.45, 2.75) is 25.5 Å². The topological polar surface area (TPSA) is 71.5 Å². The number of carbonyl (C=O) groups excluding carboxylic acids is 2. The van der Waals surface area contributed by atoms with Gasteiger partial charge in [-0.2, -0.15) is 0 Å². The summed E-state index contributed by atoms with van der Waals surface area (Å²) in [6.45, 7) is 4.75. The van der Waals surface area contributed by atoms with Gasteiger partial charge in [-0.05, 0) is 39.0 Å². The number of fused-ring (bicyclic) bond motifs is 1. The first-order valence-corrected chi connectivity index (χ1v) is 8.46. The summed E-state index contributed by atoms with van der Waals surface area (Å²) in [6, 6.07) is 4.51. The highest BCUT2D eigenvalue weighted by Crippen LogP contribution is 2.31. The van der Waals surface area contributed by atoms with Crippen LogP contribution in [0.15, 0.2) is 18.2 Å². The second-order valence-electron chi connectivity index (χ2n) is 5.88. The number of hydrogen-bond acceptors (Lipinski definition) is 4. The minimum Gasteiger partial charge on any atom is -0.304 e. The van der Waals surface area contributed by atoms with Crippen LogP contribution < -0.4 is 4.90 Å². The van der Waals surface area contributed by atoms with Crippen molar-refractivity contribution in [1.82, 2.24) is 0 Å². The quantitative estimate of drug-likeness (QED) is 0.796. The number of sulfone groups is 1. The molecule has 0 aliphatic carbocycles. The van der Waals surface area contributed by atoms with Crippen molar-refractivity contribution in [3.63, 3.8) is 0 Å². The van der Waals surface area contributed by atoms with E-state index in [1.54, 1.807) is 20.8 Å². The Hall–Kier alpha value is -1.40. The van der Waals surface area contributed by atoms with Crippen LogP contribution in [0, 0.1) is 0 Å². The zero-order chi connectivity index (χ0) is 16.0. The van der Waals surface area contributed by atoms with E-state index in [1.807, 2.05) is 0 Å². The van der Waals surface area contributed by atoms with Crippen molar-refractivity contribution in [3.05, 3.63) is 28.8 Å². The van der Waals surface area contributed by atoms with Crippen LogP contribution in [-0.4, -0.2) is 37.2 Å². The molecule has 0 atom stereocenters. The Morgan fingerprint density at radius 1 is 1.19 bits per heavy atom. The van der Waals surface area contributed by atoms with E-state index in [4.69, 9.17) is 11.6 Å². The minimum absolute atomic E-state index is 0.0580. The highest BCUT2D eigenvalue weighted by Gasteiger charge is 2.37. The molecule has 114 valence electrons. The van der Waals surface area contributed by atoms with Gasteiger partial charge >= 0.3 is 0 Å². The molecule has 0 saturated heterocycles. The second kappa shape index (κ2) is 5.10. The average molecular weight is 330 g/mol. The molecular weight excluding hydrogens is 314 g/mol. The van der Waals surface area contributed by atoms with Gasteiger partial charge in [-0.3, -0.25) is 9.59 Å². The Bertz CT molecular complexity index is 719. The van der Waals surface area contributed by atoms with E-state index in [0.29, 0.717) is 10.7 Å². The van der Waals surface area contributed by atoms with E-state index in [1.165, 1.54) is 23.1 Å². The Labute approximate surface area is 128 Å². The van der Waals surface area contributed by atoms with Gasteiger partial charge in [-0.15, -0.1) is 0 Å². The van der Waals surface area contributed by atoms with Gasteiger partial charge in [0.25, 0.3) is 11.7 Å². The van der Waals surface area contributed by atoms with E-state index in [-0.39, 0.29) is 17.9 Å². The summed E-state index contributed by atoms with van der Waals surface area (Å²) in [4.78, 5) is 25.0. The number of halogens is 1. The van der Waals surface area contributed by atoms with Crippen molar-refractivity contribution in [1.29, 1.82) is 0 Å². The van der Waals surface area contributed by atoms with Crippen molar-refractivity contribution < 1.29 is 18.0 Å². The summed E-state index contributed by atoms with van der Waals surface area (Å²) in [5.41, 5.74) is 0.638. The predicted octanol–water partition coefficient (Wildman–Crippen LogP) is 2.08. The molecule has 0 fully saturated rings. The largest absolute Gasteiger partial charge is 0.304 e. The molecule has 2 rings (SSSR count). The molecule has 1 amide bonds. The van der Waals surface area contributed by atoms with E-state index < -0.39 is 26.3 Å². The number of hydrogen-bond donors (Lipinski definition) is 0. The summed E-state index contributed by atoms with van der Waals surface area (Å²) in [7, 11) is -3.38. The molecular formula is C14H16ClNO4S. The Morgan fingerprint density at radius 3 is 2.38 bits per heavy atom. The van der Waals surface area contributed by atoms with E-state index in [2.05, 4.69) is 0 Å². The zero-order valence-electron chi connectivity index (χ0n) is 12.0. The SMILES string of the molecule is CC(C)(C)S(=O)(=O)CCN1C(=O)C(=O)c2ccc(Cl)cc21. The number of anilines is 1. The maximum Gasteiger partial charge on any atom is 0.299 e. The lowest BCUT2D eigenvalue weighted by Gasteiger charge is -2.22. The first-order valence-electron chi connectivity index (χ1n) is 6.42. The van der Waals surface area contributed by atoms with Crippen LogP contribution in [0.4, 0.5) is 5.69 Å². The normalized spacial score (nSPS) is 15.5. The van der Waals surface area contributed by atoms with Crippen molar-refractivity contribution >= 4 is 38.8 Å². The highest BCUT2D eigenvalue weighted by atomic mass is 35.5. The molecule has 1 aromatic carbocycles. The fourth-order valence-electron chi connectivity index (χ4n) is 2.01. The lowest BCUT2D eigenvalue weighted by molar-refractivity contribution is -0.114. The van der Waals surface area contributed by atoms with Gasteiger partial charge in [0.05, 0.1) is 21.8 Å². The number of ketones is 1. The third kappa shape index (κ3) is 2.82. The minimum atomic E-state index is -3.38. The molecule has 1 aliphatic heterocycles. The predicted molar refractivity (Wildman–Crippen MR) is 81.7 cm³/mol. The lowest BCUT2D eigenvalue weighted by Crippen LogP contribution is -2.38. The molecule has 0 unspecified atom stereocenters. The van der Waals surface area contributed by atoms with E-state index in [9.17, 15) is 18.0 Å². The maximum absolute atomic E-state index is 12.1. The molecule has 1 heterocycles. The standard InChI is InChI=1S/C14H16ClNO4S/c1-14(2,3)21(19,20)7-6-16-11-8-9(15)4-5-10(11)12(17)13(16)18/h4-5,8H,6-7H2,1-3H3. The highest BCUT2D eigenvalue weighted by molar-refractivity contribution is 7.92. The van der Waals surface area contributed by atoms with Gasteiger partial charge in [-0.1, -0.05) is 11.6 Å². The van der Waals surface area contributed by atoms with Gasteiger partial charge < -0.3 is 4.90 Å². The fraction of sp³-hybridized carbons (Fsp3) is 0.429. The van der Waals surface area contributed by atoms with Crippen LogP contribution in [-0.2, 0) is 14.6 Å². The van der Waals surface area contributed by atoms with Crippen molar-refractivity contribution in [3.8, 4) is 0 Å². The van der Waals surface area contributed by atoms with Crippen LogP contribution in [0.25, 0.3) is 0 Å². The Balaban J connectivity index is 2.29. The number of carbonyl (C=O) groups is 2. The number of benzene rings is 1. The van der Waals surface area contributed by atoms with Crippen LogP contribution >= 0.6 is 11.6 Å². The van der Waals surface area contributed by atoms with Crippen LogP contribution in [0.1, 0.15) is 31.1 Å². The number of Topliss-reactive ketones (excluding diaryl/α,β-unsaturated/α-hetero) is 1. The fourth-order valence-corrected chi connectivity index (χ4v) is 3.21. The lowest BCUT2D eigenvalue weighted by atomic mass is 10.1. The zero-order valence-corrected chi connectivity index (χ0v) is 13.6. The number of rotatable bonds is 3. The molecule has 0 saturated carbocycles. The molecule has 1 aromatic rings. The summed E-state index contributed by atoms with van der Waals surface area (Å²) in [5.74, 6) is -1.55. The van der Waals surface area contributed by atoms with Crippen molar-refractivity contribution in [2.75, 3.05) is 17.2 Å². The summed E-state index contributed by atoms with van der Waals surface area (Å²) in [5, 5.41) is 0.389. The third-order valence-electron chi connectivity index (χ3n) is 3.45. The number of amides is 1. The number of nitrogens with zero attached hydrogens (tertiary/aromatic N) is 1. The summed E-state index contributed by atoms with van der Waals surface area (Å²) >= 11 is 5.88. The summed E-state index contributed by atoms with van der Waals surface area (Å²) < 4.78 is 23.3. The van der Waals surface area contributed by atoms with Gasteiger partial charge in [0.15, 0.2) is 9.84 Å². The molecule has 0 bridgehead atoms. The average Bonchev–Trinajstić information content (AvgIpc) is 2.58. The molecule has 5 nitrogen and oxygen atoms in total. The summed E-state index contributed by atoms with van der Waals surface area (Å²) in [6.07, 6.45) is 0. The Morgan fingerprint density at radius 2 is 1.81 bits per heavy atom. The maximum atomic E-state index is 12.1. The monoisotopic (exact) mass is 329 g/mol. The second-order valence-corrected chi connectivity index (χ2v) is 9.18. The first kappa shape index (κ1) is 16.0. The molecule has 0 N–H and O–H groups in total. The molecule has 7 heteroatoms. The van der Waals surface area contributed by atoms with Gasteiger partial charge in [0.1, 0.15) is 0 Å². The van der Waals surface area contributed by atoms with Crippen LogP contribution in [0.5, 0.6) is 0 Å². The van der Waals surface area contributed by atoms with Gasteiger partial charge in [0, 0.05) is 11.6 Å². The van der Waals surface area contributed by atoms with E-state index >= 15 is 0 Å². The smallest absolute Gasteiger partial charge is 0.299 e. The molecule has 0 radical (unpaired) electrons. The van der Waals surface area contributed by atoms with Gasteiger partial charge in [-0.25, -0.2) is 8.42 Å². The molecule has 21 heavy (non-hydrogen) atoms.